The van der Waals surface area contributed by atoms with Gasteiger partial charge in [0, 0.05) is 11.3 Å². The van der Waals surface area contributed by atoms with Crippen LogP contribution in [0.4, 0.5) is 11.4 Å². The summed E-state index contributed by atoms with van der Waals surface area (Å²) in [6, 6.07) is 13.6. The number of aryl methyl sites for hydroxylation is 1. The van der Waals surface area contributed by atoms with Crippen molar-refractivity contribution in [3.05, 3.63) is 70.0 Å². The normalized spacial score (nSPS) is 11.0. The Kier molecular flexibility index (Phi) is 4.81. The van der Waals surface area contributed by atoms with Gasteiger partial charge in [0.05, 0.1) is 15.1 Å². The molecule has 29 heavy (non-hydrogen) atoms. The van der Waals surface area contributed by atoms with Crippen molar-refractivity contribution in [2.75, 3.05) is 5.32 Å². The molecule has 8 nitrogen and oxygen atoms in total. The van der Waals surface area contributed by atoms with E-state index in [9.17, 15) is 14.9 Å². The average molecular weight is 407 g/mol. The van der Waals surface area contributed by atoms with Gasteiger partial charge in [0.25, 0.3) is 0 Å². The SMILES string of the molecule is Cc1ccc2nc(-c3ccc(NC(=O)Cn4ncc([N+](=O)[O-])c4C)cc3)sc2c1. The largest absolute Gasteiger partial charge is 0.324 e. The average Bonchev–Trinajstić information content (AvgIpc) is 3.26. The highest BCUT2D eigenvalue weighted by molar-refractivity contribution is 7.21. The molecule has 4 rings (SSSR count). The summed E-state index contributed by atoms with van der Waals surface area (Å²) in [5.74, 6) is -0.311. The number of hydrogen-bond donors (Lipinski definition) is 1. The fourth-order valence-electron chi connectivity index (χ4n) is 2.96. The molecule has 0 bridgehead atoms. The van der Waals surface area contributed by atoms with Crippen LogP contribution in [0.2, 0.25) is 0 Å². The summed E-state index contributed by atoms with van der Waals surface area (Å²) in [4.78, 5) is 27.3. The number of amides is 1. The second-order valence-electron chi connectivity index (χ2n) is 6.65. The number of rotatable bonds is 5. The van der Waals surface area contributed by atoms with Gasteiger partial charge >= 0.3 is 5.69 Å². The van der Waals surface area contributed by atoms with Crippen LogP contribution in [0.1, 0.15) is 11.3 Å². The van der Waals surface area contributed by atoms with E-state index in [1.807, 2.05) is 36.4 Å². The van der Waals surface area contributed by atoms with Gasteiger partial charge in [0.15, 0.2) is 0 Å². The standard InChI is InChI=1S/C20H17N5O3S/c1-12-3-8-16-18(9-12)29-20(23-16)14-4-6-15(7-5-14)22-19(26)11-24-13(2)17(10-21-24)25(27)28/h3-10H,11H2,1-2H3,(H,22,26). The Morgan fingerprint density at radius 2 is 1.97 bits per heavy atom. The van der Waals surface area contributed by atoms with E-state index < -0.39 is 4.92 Å². The van der Waals surface area contributed by atoms with E-state index in [4.69, 9.17) is 0 Å². The van der Waals surface area contributed by atoms with Gasteiger partial charge in [-0.3, -0.25) is 19.6 Å². The molecule has 0 aliphatic carbocycles. The maximum atomic E-state index is 12.3. The van der Waals surface area contributed by atoms with Gasteiger partial charge in [-0.25, -0.2) is 4.98 Å². The minimum Gasteiger partial charge on any atom is -0.324 e. The Bertz CT molecular complexity index is 1230. The molecule has 0 fully saturated rings. The highest BCUT2D eigenvalue weighted by Gasteiger charge is 2.18. The van der Waals surface area contributed by atoms with E-state index in [-0.39, 0.29) is 18.1 Å². The van der Waals surface area contributed by atoms with E-state index in [0.29, 0.717) is 11.4 Å². The van der Waals surface area contributed by atoms with Crippen molar-refractivity contribution in [3.63, 3.8) is 0 Å². The van der Waals surface area contributed by atoms with Gasteiger partial charge in [0.2, 0.25) is 5.91 Å². The van der Waals surface area contributed by atoms with Crippen LogP contribution in [0.25, 0.3) is 20.8 Å². The number of carbonyl (C=O) groups is 1. The zero-order valence-electron chi connectivity index (χ0n) is 15.7. The molecular formula is C20H17N5O3S. The molecule has 0 aliphatic heterocycles. The molecule has 2 aromatic heterocycles. The first-order valence-electron chi connectivity index (χ1n) is 8.85. The highest BCUT2D eigenvalue weighted by Crippen LogP contribution is 2.31. The summed E-state index contributed by atoms with van der Waals surface area (Å²) in [5, 5.41) is 18.5. The summed E-state index contributed by atoms with van der Waals surface area (Å²) < 4.78 is 2.45. The van der Waals surface area contributed by atoms with E-state index in [1.54, 1.807) is 18.3 Å². The number of nitrogens with zero attached hydrogens (tertiary/aromatic N) is 4. The van der Waals surface area contributed by atoms with Crippen LogP contribution >= 0.6 is 11.3 Å². The lowest BCUT2D eigenvalue weighted by atomic mass is 10.2. The smallest absolute Gasteiger partial charge is 0.309 e. The fourth-order valence-corrected chi connectivity index (χ4v) is 4.03. The Hall–Kier alpha value is -3.59. The predicted molar refractivity (Wildman–Crippen MR) is 112 cm³/mol. The molecule has 0 saturated carbocycles. The highest BCUT2D eigenvalue weighted by atomic mass is 32.1. The summed E-state index contributed by atoms with van der Waals surface area (Å²) in [5.41, 5.74) is 4.01. The lowest BCUT2D eigenvalue weighted by molar-refractivity contribution is -0.385. The molecule has 0 aliphatic rings. The van der Waals surface area contributed by atoms with Crippen molar-refractivity contribution >= 4 is 38.8 Å². The first-order valence-corrected chi connectivity index (χ1v) is 9.66. The van der Waals surface area contributed by atoms with Crippen LogP contribution in [0.5, 0.6) is 0 Å². The number of nitrogens with one attached hydrogen (secondary N) is 1. The van der Waals surface area contributed by atoms with Crippen molar-refractivity contribution in [3.8, 4) is 10.6 Å². The molecule has 0 unspecified atom stereocenters. The number of hydrogen-bond acceptors (Lipinski definition) is 6. The van der Waals surface area contributed by atoms with Crippen LogP contribution in [-0.4, -0.2) is 25.6 Å². The van der Waals surface area contributed by atoms with Crippen LogP contribution in [0.15, 0.2) is 48.7 Å². The third-order valence-electron chi connectivity index (χ3n) is 4.53. The molecule has 0 atom stereocenters. The number of benzene rings is 2. The minimum absolute atomic E-state index is 0.0986. The molecule has 1 amide bonds. The Morgan fingerprint density at radius 3 is 2.66 bits per heavy atom. The lowest BCUT2D eigenvalue weighted by Gasteiger charge is -2.07. The first kappa shape index (κ1) is 18.8. The molecule has 2 heterocycles. The van der Waals surface area contributed by atoms with Gasteiger partial charge in [-0.15, -0.1) is 11.3 Å². The molecule has 1 N–H and O–H groups in total. The van der Waals surface area contributed by atoms with Crippen LogP contribution < -0.4 is 5.32 Å². The van der Waals surface area contributed by atoms with E-state index in [0.717, 1.165) is 27.0 Å². The van der Waals surface area contributed by atoms with Crippen LogP contribution in [0, 0.1) is 24.0 Å². The predicted octanol–water partition coefficient (Wildman–Crippen LogP) is 4.32. The molecule has 4 aromatic rings. The van der Waals surface area contributed by atoms with Crippen molar-refractivity contribution in [2.24, 2.45) is 0 Å². The number of aromatic nitrogens is 3. The fraction of sp³-hybridized carbons (Fsp3) is 0.150. The monoisotopic (exact) mass is 407 g/mol. The summed E-state index contributed by atoms with van der Waals surface area (Å²) in [6.45, 7) is 3.52. The summed E-state index contributed by atoms with van der Waals surface area (Å²) in [7, 11) is 0. The first-order chi connectivity index (χ1) is 13.9. The second-order valence-corrected chi connectivity index (χ2v) is 7.68. The molecular weight excluding hydrogens is 390 g/mol. The van der Waals surface area contributed by atoms with Crippen molar-refractivity contribution in [2.45, 2.75) is 20.4 Å². The number of fused-ring (bicyclic) bond motifs is 1. The van der Waals surface area contributed by atoms with Crippen molar-refractivity contribution in [1.82, 2.24) is 14.8 Å². The van der Waals surface area contributed by atoms with Crippen LogP contribution in [-0.2, 0) is 11.3 Å². The topological polar surface area (TPSA) is 103 Å². The van der Waals surface area contributed by atoms with E-state index in [1.165, 1.54) is 10.2 Å². The van der Waals surface area contributed by atoms with E-state index >= 15 is 0 Å². The van der Waals surface area contributed by atoms with Crippen molar-refractivity contribution < 1.29 is 9.72 Å². The zero-order chi connectivity index (χ0) is 20.5. The van der Waals surface area contributed by atoms with Gasteiger partial charge in [-0.2, -0.15) is 5.10 Å². The van der Waals surface area contributed by atoms with Crippen LogP contribution in [0.3, 0.4) is 0 Å². The molecule has 146 valence electrons. The summed E-state index contributed by atoms with van der Waals surface area (Å²) in [6.07, 6.45) is 1.15. The second kappa shape index (κ2) is 7.44. The number of thiazole rings is 1. The molecule has 0 radical (unpaired) electrons. The molecule has 0 saturated heterocycles. The third kappa shape index (κ3) is 3.85. The lowest BCUT2D eigenvalue weighted by Crippen LogP contribution is -2.20. The zero-order valence-corrected chi connectivity index (χ0v) is 16.6. The quantitative estimate of drug-likeness (QED) is 0.392. The minimum atomic E-state index is -0.515. The third-order valence-corrected chi connectivity index (χ3v) is 5.59. The summed E-state index contributed by atoms with van der Waals surface area (Å²) >= 11 is 1.63. The maximum absolute atomic E-state index is 12.3. The Morgan fingerprint density at radius 1 is 1.21 bits per heavy atom. The van der Waals surface area contributed by atoms with Gasteiger partial charge < -0.3 is 5.32 Å². The van der Waals surface area contributed by atoms with Gasteiger partial charge in [-0.1, -0.05) is 6.07 Å². The number of carbonyl (C=O) groups excluding carboxylic acids is 1. The maximum Gasteiger partial charge on any atom is 0.309 e. The van der Waals surface area contributed by atoms with Gasteiger partial charge in [-0.05, 0) is 55.8 Å². The molecule has 2 aromatic carbocycles. The van der Waals surface area contributed by atoms with Crippen molar-refractivity contribution in [1.29, 1.82) is 0 Å². The molecule has 9 heteroatoms. The Balaban J connectivity index is 1.46. The van der Waals surface area contributed by atoms with E-state index in [2.05, 4.69) is 28.4 Å². The molecule has 0 spiro atoms. The number of nitro groups is 1. The van der Waals surface area contributed by atoms with Gasteiger partial charge in [0.1, 0.15) is 23.4 Å². The Labute approximate surface area is 170 Å². The number of anilines is 1.